The van der Waals surface area contributed by atoms with E-state index in [9.17, 15) is 10.1 Å². The molecule has 0 aliphatic carbocycles. The molecule has 2 aromatic heterocycles. The second-order valence-electron chi connectivity index (χ2n) is 6.21. The number of nitrogens with one attached hydrogen (secondary N) is 1. The molecule has 0 unspecified atom stereocenters. The van der Waals surface area contributed by atoms with Crippen LogP contribution in [0, 0.1) is 11.3 Å². The quantitative estimate of drug-likeness (QED) is 0.781. The number of hydrogen-bond donors (Lipinski definition) is 1. The Hall–Kier alpha value is -3.11. The maximum atomic E-state index is 12.8. The monoisotopic (exact) mass is 349 g/mol. The molecule has 3 aromatic rings. The highest BCUT2D eigenvalue weighted by Crippen LogP contribution is 2.26. The molecule has 0 radical (unpaired) electrons. The Morgan fingerprint density at radius 3 is 2.88 bits per heavy atom. The van der Waals surface area contributed by atoms with Crippen LogP contribution in [-0.4, -0.2) is 40.9 Å². The smallest absolute Gasteiger partial charge is 0.276 e. The Morgan fingerprint density at radius 1 is 1.35 bits per heavy atom. The summed E-state index contributed by atoms with van der Waals surface area (Å²) in [5, 5.41) is 12.1. The molecule has 0 saturated carbocycles. The maximum absolute atomic E-state index is 12.8. The molecule has 1 saturated heterocycles. The van der Waals surface area contributed by atoms with Crippen LogP contribution >= 0.6 is 0 Å². The molecule has 0 atom stereocenters. The molecule has 26 heavy (non-hydrogen) atoms. The molecule has 7 heteroatoms. The van der Waals surface area contributed by atoms with Crippen molar-refractivity contribution in [2.24, 2.45) is 0 Å². The molecule has 7 nitrogen and oxygen atoms in total. The Labute approximate surface area is 150 Å². The number of ether oxygens (including phenoxy) is 1. The second-order valence-corrected chi connectivity index (χ2v) is 6.21. The van der Waals surface area contributed by atoms with Gasteiger partial charge in [0.15, 0.2) is 5.65 Å². The van der Waals surface area contributed by atoms with Crippen LogP contribution in [0.2, 0.25) is 0 Å². The van der Waals surface area contributed by atoms with E-state index in [0.717, 1.165) is 24.3 Å². The number of nitriles is 1. The number of hydrogen-bond acceptors (Lipinski definition) is 5. The number of morpholine rings is 1. The molecule has 0 amide bonds. The van der Waals surface area contributed by atoms with Gasteiger partial charge in [-0.3, -0.25) is 9.89 Å². The molecule has 1 fully saturated rings. The summed E-state index contributed by atoms with van der Waals surface area (Å²) in [7, 11) is 0. The van der Waals surface area contributed by atoms with Crippen molar-refractivity contribution in [1.29, 1.82) is 5.26 Å². The van der Waals surface area contributed by atoms with Crippen molar-refractivity contribution < 1.29 is 4.74 Å². The fourth-order valence-electron chi connectivity index (χ4n) is 3.36. The zero-order chi connectivity index (χ0) is 18.1. The molecular formula is C19H19N5O2. The third-order valence-corrected chi connectivity index (χ3v) is 4.73. The lowest BCUT2D eigenvalue weighted by atomic mass is 10.0. The maximum Gasteiger partial charge on any atom is 0.276 e. The van der Waals surface area contributed by atoms with Gasteiger partial charge in [-0.15, -0.1) is 0 Å². The molecular weight excluding hydrogens is 330 g/mol. The van der Waals surface area contributed by atoms with Gasteiger partial charge in [-0.25, -0.2) is 9.50 Å². The predicted molar refractivity (Wildman–Crippen MR) is 98.4 cm³/mol. The first-order chi connectivity index (χ1) is 12.7. The van der Waals surface area contributed by atoms with Crippen molar-refractivity contribution >= 4 is 11.3 Å². The van der Waals surface area contributed by atoms with Gasteiger partial charge in [-0.05, 0) is 18.6 Å². The molecule has 1 aliphatic heterocycles. The summed E-state index contributed by atoms with van der Waals surface area (Å²) in [5.41, 5.74) is 3.80. The number of nitrogens with zero attached hydrogens (tertiary/aromatic N) is 4. The Bertz CT molecular complexity index is 1050. The molecule has 0 spiro atoms. The summed E-state index contributed by atoms with van der Waals surface area (Å²) in [6, 6.07) is 10.1. The van der Waals surface area contributed by atoms with Crippen LogP contribution in [0.1, 0.15) is 18.1 Å². The van der Waals surface area contributed by atoms with Gasteiger partial charge < -0.3 is 9.64 Å². The minimum absolute atomic E-state index is 0.161. The number of aromatic amines is 1. The van der Waals surface area contributed by atoms with Crippen LogP contribution in [0.15, 0.2) is 35.3 Å². The van der Waals surface area contributed by atoms with Gasteiger partial charge >= 0.3 is 0 Å². The molecule has 132 valence electrons. The fourth-order valence-corrected chi connectivity index (χ4v) is 3.36. The highest BCUT2D eigenvalue weighted by molar-refractivity contribution is 5.71. The summed E-state index contributed by atoms with van der Waals surface area (Å²) < 4.78 is 6.76. The van der Waals surface area contributed by atoms with E-state index in [2.05, 4.69) is 33.2 Å². The zero-order valence-corrected chi connectivity index (χ0v) is 14.5. The second kappa shape index (κ2) is 6.65. The summed E-state index contributed by atoms with van der Waals surface area (Å²) >= 11 is 0. The van der Waals surface area contributed by atoms with Crippen molar-refractivity contribution in [3.05, 3.63) is 51.9 Å². The molecule has 1 N–H and O–H groups in total. The van der Waals surface area contributed by atoms with Crippen molar-refractivity contribution in [2.45, 2.75) is 13.3 Å². The third kappa shape index (κ3) is 2.65. The minimum atomic E-state index is -0.161. The van der Waals surface area contributed by atoms with Crippen LogP contribution in [0.25, 0.3) is 16.9 Å². The number of H-pyrrole nitrogens is 1. The van der Waals surface area contributed by atoms with E-state index in [1.807, 2.05) is 19.1 Å². The van der Waals surface area contributed by atoms with Gasteiger partial charge in [-0.2, -0.15) is 5.26 Å². The largest absolute Gasteiger partial charge is 0.378 e. The van der Waals surface area contributed by atoms with Crippen LogP contribution in [0.4, 0.5) is 5.69 Å². The van der Waals surface area contributed by atoms with E-state index in [4.69, 9.17) is 4.74 Å². The average Bonchev–Trinajstić information content (AvgIpc) is 3.12. The van der Waals surface area contributed by atoms with Gasteiger partial charge in [-0.1, -0.05) is 19.1 Å². The Balaban J connectivity index is 1.88. The van der Waals surface area contributed by atoms with Crippen LogP contribution in [0.3, 0.4) is 0 Å². The first-order valence-corrected chi connectivity index (χ1v) is 8.69. The van der Waals surface area contributed by atoms with Gasteiger partial charge in [0, 0.05) is 36.1 Å². The molecule has 1 aromatic carbocycles. The first-order valence-electron chi connectivity index (χ1n) is 8.69. The molecule has 0 bridgehead atoms. The van der Waals surface area contributed by atoms with Gasteiger partial charge in [0.2, 0.25) is 0 Å². The normalized spacial score (nSPS) is 14.5. The summed E-state index contributed by atoms with van der Waals surface area (Å²) in [5.74, 6) is 0. The first kappa shape index (κ1) is 16.4. The van der Waals surface area contributed by atoms with Gasteiger partial charge in [0.25, 0.3) is 5.56 Å². The lowest BCUT2D eigenvalue weighted by molar-refractivity contribution is 0.122. The SMILES string of the molecule is CCc1c(-c2cccc(N3CCOCC3)c2)nc2c(C#N)c[nH]n2c1=O. The van der Waals surface area contributed by atoms with Crippen molar-refractivity contribution in [1.82, 2.24) is 14.6 Å². The fraction of sp³-hybridized carbons (Fsp3) is 0.316. The number of fused-ring (bicyclic) bond motifs is 1. The summed E-state index contributed by atoms with van der Waals surface area (Å²) in [6.45, 7) is 5.05. The highest BCUT2D eigenvalue weighted by atomic mass is 16.5. The van der Waals surface area contributed by atoms with Crippen molar-refractivity contribution in [3.63, 3.8) is 0 Å². The number of rotatable bonds is 3. The topological polar surface area (TPSA) is 86.4 Å². The third-order valence-electron chi connectivity index (χ3n) is 4.73. The van der Waals surface area contributed by atoms with E-state index in [-0.39, 0.29) is 5.56 Å². The van der Waals surface area contributed by atoms with Gasteiger partial charge in [0.1, 0.15) is 11.6 Å². The van der Waals surface area contributed by atoms with Crippen LogP contribution in [-0.2, 0) is 11.2 Å². The van der Waals surface area contributed by atoms with Crippen LogP contribution in [0.5, 0.6) is 0 Å². The lowest BCUT2D eigenvalue weighted by Gasteiger charge is -2.29. The van der Waals surface area contributed by atoms with E-state index >= 15 is 0 Å². The molecule has 3 heterocycles. The van der Waals surface area contributed by atoms with Crippen molar-refractivity contribution in [3.8, 4) is 17.3 Å². The Morgan fingerprint density at radius 2 is 2.15 bits per heavy atom. The summed E-state index contributed by atoms with van der Waals surface area (Å²) in [6.07, 6.45) is 2.07. The van der Waals surface area contributed by atoms with Crippen LogP contribution < -0.4 is 10.5 Å². The van der Waals surface area contributed by atoms with Gasteiger partial charge in [0.05, 0.1) is 18.9 Å². The van der Waals surface area contributed by atoms with E-state index < -0.39 is 0 Å². The standard InChI is InChI=1S/C19H19N5O2/c1-2-16-17(22-18-14(11-20)12-21-24(18)19(16)25)13-4-3-5-15(10-13)23-6-8-26-9-7-23/h3-5,10,12,21H,2,6-9H2,1H3. The minimum Gasteiger partial charge on any atom is -0.378 e. The van der Waals surface area contributed by atoms with E-state index in [0.29, 0.717) is 42.1 Å². The molecule has 4 rings (SSSR count). The number of anilines is 1. The number of aromatic nitrogens is 3. The lowest BCUT2D eigenvalue weighted by Crippen LogP contribution is -2.36. The predicted octanol–water partition coefficient (Wildman–Crippen LogP) is 1.96. The van der Waals surface area contributed by atoms with E-state index in [1.54, 1.807) is 0 Å². The number of benzene rings is 1. The highest BCUT2D eigenvalue weighted by Gasteiger charge is 2.18. The zero-order valence-electron chi connectivity index (χ0n) is 14.5. The average molecular weight is 349 g/mol. The van der Waals surface area contributed by atoms with E-state index in [1.165, 1.54) is 10.7 Å². The van der Waals surface area contributed by atoms with Crippen molar-refractivity contribution in [2.75, 3.05) is 31.2 Å². The Kier molecular flexibility index (Phi) is 4.19. The molecule has 1 aliphatic rings. The summed E-state index contributed by atoms with van der Waals surface area (Å²) in [4.78, 5) is 19.7.